The van der Waals surface area contributed by atoms with Crippen molar-refractivity contribution in [3.63, 3.8) is 0 Å². The topological polar surface area (TPSA) is 89.8 Å². The van der Waals surface area contributed by atoms with Crippen molar-refractivity contribution in [3.05, 3.63) is 0 Å². The highest BCUT2D eigenvalue weighted by molar-refractivity contribution is 5.06. The quantitative estimate of drug-likeness (QED) is 0.533. The van der Waals surface area contributed by atoms with Gasteiger partial charge < -0.3 is 10.8 Å². The minimum atomic E-state index is -0.478. The van der Waals surface area contributed by atoms with Crippen LogP contribution in [0.5, 0.6) is 0 Å². The first-order valence-corrected chi connectivity index (χ1v) is 2.90. The van der Waals surface area contributed by atoms with Gasteiger partial charge in [0.2, 0.25) is 0 Å². The number of tetrazole rings is 1. The lowest BCUT2D eigenvalue weighted by atomic mass is 10.4. The van der Waals surface area contributed by atoms with Gasteiger partial charge in [0.25, 0.3) is 5.95 Å². The van der Waals surface area contributed by atoms with Gasteiger partial charge in [0.1, 0.15) is 0 Å². The fraction of sp³-hybridized carbons (Fsp3) is 0.750. The summed E-state index contributed by atoms with van der Waals surface area (Å²) in [6, 6.07) is 0. The van der Waals surface area contributed by atoms with Gasteiger partial charge in [-0.25, -0.2) is 0 Å². The normalized spacial score (nSPS) is 13.4. The predicted molar refractivity (Wildman–Crippen MR) is 33.9 cm³/mol. The fourth-order valence-electron chi connectivity index (χ4n) is 0.569. The molecule has 1 heterocycles. The molecule has 0 aliphatic heterocycles. The lowest BCUT2D eigenvalue weighted by Crippen LogP contribution is -2.14. The van der Waals surface area contributed by atoms with Crippen LogP contribution in [0.1, 0.15) is 6.92 Å². The van der Waals surface area contributed by atoms with E-state index in [1.807, 2.05) is 0 Å². The van der Waals surface area contributed by atoms with E-state index in [0.717, 1.165) is 0 Å². The standard InChI is InChI=1S/C4H9N5O/c1-3(10)2-9-7-4(5)6-8-9/h3,10H,2H2,1H3,(H2,5,7). The predicted octanol–water partition coefficient (Wildman–Crippen LogP) is -1.36. The minimum absolute atomic E-state index is 0.126. The van der Waals surface area contributed by atoms with Crippen LogP contribution in [0.15, 0.2) is 0 Å². The summed E-state index contributed by atoms with van der Waals surface area (Å²) in [7, 11) is 0. The molecule has 1 unspecified atom stereocenters. The summed E-state index contributed by atoms with van der Waals surface area (Å²) >= 11 is 0. The molecule has 56 valence electrons. The van der Waals surface area contributed by atoms with Crippen LogP contribution >= 0.6 is 0 Å². The van der Waals surface area contributed by atoms with E-state index >= 15 is 0 Å². The smallest absolute Gasteiger partial charge is 0.260 e. The summed E-state index contributed by atoms with van der Waals surface area (Å²) < 4.78 is 0. The number of aliphatic hydroxyl groups excluding tert-OH is 1. The molecule has 3 N–H and O–H groups in total. The summed E-state index contributed by atoms with van der Waals surface area (Å²) in [6.07, 6.45) is -0.478. The maximum absolute atomic E-state index is 8.85. The number of hydrogen-bond donors (Lipinski definition) is 2. The van der Waals surface area contributed by atoms with Gasteiger partial charge in [0.15, 0.2) is 0 Å². The van der Waals surface area contributed by atoms with E-state index in [4.69, 9.17) is 10.8 Å². The third-order valence-electron chi connectivity index (χ3n) is 0.896. The van der Waals surface area contributed by atoms with Gasteiger partial charge in [-0.05, 0) is 12.1 Å². The maximum Gasteiger partial charge on any atom is 0.260 e. The molecule has 1 rings (SSSR count). The summed E-state index contributed by atoms with van der Waals surface area (Å²) in [4.78, 5) is 1.25. The highest BCUT2D eigenvalue weighted by atomic mass is 16.3. The molecule has 0 radical (unpaired) electrons. The van der Waals surface area contributed by atoms with E-state index in [1.54, 1.807) is 6.92 Å². The molecule has 1 atom stereocenters. The Hall–Kier alpha value is -1.17. The molecule has 0 amide bonds. The highest BCUT2D eigenvalue weighted by Gasteiger charge is 2.00. The Balaban J connectivity index is 2.58. The fourth-order valence-corrected chi connectivity index (χ4v) is 0.569. The van der Waals surface area contributed by atoms with Crippen LogP contribution in [-0.2, 0) is 6.54 Å². The zero-order chi connectivity index (χ0) is 7.56. The third kappa shape index (κ3) is 1.66. The van der Waals surface area contributed by atoms with E-state index in [2.05, 4.69) is 15.4 Å². The summed E-state index contributed by atoms with van der Waals surface area (Å²) in [5, 5.41) is 19.5. The van der Waals surface area contributed by atoms with E-state index in [1.165, 1.54) is 4.80 Å². The van der Waals surface area contributed by atoms with Crippen LogP contribution in [0.4, 0.5) is 5.95 Å². The molecular formula is C4H9N5O. The van der Waals surface area contributed by atoms with Crippen LogP contribution < -0.4 is 5.73 Å². The van der Waals surface area contributed by atoms with E-state index in [9.17, 15) is 0 Å². The number of nitrogens with two attached hydrogens (primary N) is 1. The average Bonchev–Trinajstić information content (AvgIpc) is 2.13. The average molecular weight is 143 g/mol. The molecule has 0 bridgehead atoms. The van der Waals surface area contributed by atoms with E-state index in [0.29, 0.717) is 6.54 Å². The molecule has 0 fully saturated rings. The van der Waals surface area contributed by atoms with Crippen LogP contribution in [0, 0.1) is 0 Å². The molecule has 0 aliphatic carbocycles. The van der Waals surface area contributed by atoms with Crippen LogP contribution in [0.2, 0.25) is 0 Å². The second-order valence-electron chi connectivity index (χ2n) is 2.05. The molecule has 6 heteroatoms. The van der Waals surface area contributed by atoms with Crippen molar-refractivity contribution < 1.29 is 5.11 Å². The van der Waals surface area contributed by atoms with E-state index in [-0.39, 0.29) is 5.95 Å². The number of anilines is 1. The Morgan fingerprint density at radius 2 is 2.50 bits per heavy atom. The summed E-state index contributed by atoms with van der Waals surface area (Å²) in [5.41, 5.74) is 5.17. The van der Waals surface area contributed by atoms with Gasteiger partial charge in [0, 0.05) is 0 Å². The van der Waals surface area contributed by atoms with Gasteiger partial charge in [-0.15, -0.1) is 5.10 Å². The molecule has 0 aliphatic rings. The lowest BCUT2D eigenvalue weighted by molar-refractivity contribution is 0.161. The largest absolute Gasteiger partial charge is 0.391 e. The Morgan fingerprint density at radius 1 is 1.80 bits per heavy atom. The van der Waals surface area contributed by atoms with Crippen molar-refractivity contribution >= 4 is 5.95 Å². The van der Waals surface area contributed by atoms with Crippen molar-refractivity contribution in [3.8, 4) is 0 Å². The first-order valence-electron chi connectivity index (χ1n) is 2.90. The number of rotatable bonds is 2. The molecule has 6 nitrogen and oxygen atoms in total. The number of nitrogens with zero attached hydrogens (tertiary/aromatic N) is 4. The number of aliphatic hydroxyl groups is 1. The van der Waals surface area contributed by atoms with Gasteiger partial charge in [-0.3, -0.25) is 0 Å². The second-order valence-corrected chi connectivity index (χ2v) is 2.05. The molecule has 1 aromatic rings. The third-order valence-corrected chi connectivity index (χ3v) is 0.896. The van der Waals surface area contributed by atoms with Crippen molar-refractivity contribution in [2.75, 3.05) is 5.73 Å². The van der Waals surface area contributed by atoms with Crippen LogP contribution in [0.25, 0.3) is 0 Å². The van der Waals surface area contributed by atoms with Crippen molar-refractivity contribution in [1.29, 1.82) is 0 Å². The Bertz CT molecular complexity index is 207. The van der Waals surface area contributed by atoms with Crippen molar-refractivity contribution in [1.82, 2.24) is 20.2 Å². The Labute approximate surface area is 57.6 Å². The van der Waals surface area contributed by atoms with Gasteiger partial charge >= 0.3 is 0 Å². The van der Waals surface area contributed by atoms with Gasteiger partial charge in [-0.2, -0.15) is 4.80 Å². The monoisotopic (exact) mass is 143 g/mol. The molecule has 0 spiro atoms. The van der Waals surface area contributed by atoms with Crippen LogP contribution in [-0.4, -0.2) is 31.4 Å². The first-order chi connectivity index (χ1) is 4.68. The lowest BCUT2D eigenvalue weighted by Gasteiger charge is -1.98. The number of hydrogen-bond acceptors (Lipinski definition) is 5. The Kier molecular flexibility index (Phi) is 1.81. The summed E-state index contributed by atoms with van der Waals surface area (Å²) in [6.45, 7) is 1.96. The highest BCUT2D eigenvalue weighted by Crippen LogP contribution is 1.87. The van der Waals surface area contributed by atoms with Crippen molar-refractivity contribution in [2.24, 2.45) is 0 Å². The summed E-state index contributed by atoms with van der Waals surface area (Å²) in [5.74, 6) is 0.126. The molecule has 0 saturated carbocycles. The molecule has 10 heavy (non-hydrogen) atoms. The Morgan fingerprint density at radius 3 is 2.90 bits per heavy atom. The zero-order valence-electron chi connectivity index (χ0n) is 5.60. The maximum atomic E-state index is 8.85. The van der Waals surface area contributed by atoms with E-state index < -0.39 is 6.10 Å². The van der Waals surface area contributed by atoms with Gasteiger partial charge in [0.05, 0.1) is 12.6 Å². The first kappa shape index (κ1) is 6.94. The number of aromatic nitrogens is 4. The molecule has 0 aromatic carbocycles. The SMILES string of the molecule is CC(O)Cn1nnc(N)n1. The zero-order valence-corrected chi connectivity index (χ0v) is 5.60. The van der Waals surface area contributed by atoms with Crippen molar-refractivity contribution in [2.45, 2.75) is 19.6 Å². The minimum Gasteiger partial charge on any atom is -0.391 e. The van der Waals surface area contributed by atoms with Gasteiger partial charge in [-0.1, -0.05) is 5.10 Å². The second kappa shape index (κ2) is 2.61. The number of nitrogen functional groups attached to an aromatic ring is 1. The molecular weight excluding hydrogens is 134 g/mol. The molecule has 1 aromatic heterocycles. The van der Waals surface area contributed by atoms with Crippen LogP contribution in [0.3, 0.4) is 0 Å². The molecule has 0 saturated heterocycles.